The molecular weight excluding hydrogens is 367 g/mol. The number of hydrogen-bond acceptors (Lipinski definition) is 2. The molecule has 0 fully saturated rings. The Bertz CT molecular complexity index is 1120. The molecule has 5 nitrogen and oxygen atoms in total. The number of H-pyrrole nitrogens is 1. The van der Waals surface area contributed by atoms with E-state index in [2.05, 4.69) is 15.4 Å². The monoisotopic (exact) mass is 382 g/mol. The minimum Gasteiger partial charge on any atom is -0.361 e. The van der Waals surface area contributed by atoms with E-state index in [-0.39, 0.29) is 11.7 Å². The summed E-state index contributed by atoms with van der Waals surface area (Å²) in [6.45, 7) is 0.430. The van der Waals surface area contributed by atoms with Crippen LogP contribution in [0.15, 0.2) is 61.1 Å². The Morgan fingerprint density at radius 1 is 1.26 bits per heavy atom. The van der Waals surface area contributed by atoms with Crippen LogP contribution in [0.2, 0.25) is 5.02 Å². The van der Waals surface area contributed by atoms with Gasteiger partial charge in [-0.3, -0.25) is 4.79 Å². The topological polar surface area (TPSA) is 62.7 Å². The van der Waals surface area contributed by atoms with Gasteiger partial charge in [-0.25, -0.2) is 9.07 Å². The number of rotatable bonds is 5. The average molecular weight is 383 g/mol. The van der Waals surface area contributed by atoms with Gasteiger partial charge in [0.2, 0.25) is 0 Å². The molecule has 2 aromatic carbocycles. The summed E-state index contributed by atoms with van der Waals surface area (Å²) < 4.78 is 15.0. The van der Waals surface area contributed by atoms with E-state index in [9.17, 15) is 9.18 Å². The fourth-order valence-electron chi connectivity index (χ4n) is 2.98. The predicted molar refractivity (Wildman–Crippen MR) is 103 cm³/mol. The predicted octanol–water partition coefficient (Wildman–Crippen LogP) is 4.12. The largest absolute Gasteiger partial charge is 0.361 e. The summed E-state index contributed by atoms with van der Waals surface area (Å²) >= 11 is 6.16. The van der Waals surface area contributed by atoms with Gasteiger partial charge >= 0.3 is 0 Å². The highest BCUT2D eigenvalue weighted by Crippen LogP contribution is 2.20. The number of hydrogen-bond donors (Lipinski definition) is 2. The van der Waals surface area contributed by atoms with E-state index >= 15 is 0 Å². The van der Waals surface area contributed by atoms with Crippen LogP contribution in [0, 0.1) is 5.82 Å². The van der Waals surface area contributed by atoms with Crippen molar-refractivity contribution in [2.24, 2.45) is 0 Å². The molecule has 0 aliphatic rings. The molecule has 1 amide bonds. The second-order valence-electron chi connectivity index (χ2n) is 6.13. The Hall–Kier alpha value is -3.12. The van der Waals surface area contributed by atoms with Crippen molar-refractivity contribution in [3.05, 3.63) is 83.0 Å². The van der Waals surface area contributed by atoms with Crippen molar-refractivity contribution in [3.8, 4) is 5.69 Å². The molecule has 4 rings (SSSR count). The van der Waals surface area contributed by atoms with Gasteiger partial charge in [-0.2, -0.15) is 5.10 Å². The van der Waals surface area contributed by atoms with Crippen molar-refractivity contribution in [3.63, 3.8) is 0 Å². The Balaban J connectivity index is 1.41. The second-order valence-corrected chi connectivity index (χ2v) is 6.54. The number of carbonyl (C=O) groups is 1. The van der Waals surface area contributed by atoms with E-state index in [4.69, 9.17) is 11.6 Å². The summed E-state index contributed by atoms with van der Waals surface area (Å²) in [5.74, 6) is -0.501. The fourth-order valence-corrected chi connectivity index (χ4v) is 3.20. The first-order valence-corrected chi connectivity index (χ1v) is 8.83. The molecule has 0 bridgehead atoms. The first kappa shape index (κ1) is 17.3. The number of amides is 1. The van der Waals surface area contributed by atoms with Crippen LogP contribution >= 0.6 is 11.6 Å². The first-order valence-electron chi connectivity index (χ1n) is 8.45. The summed E-state index contributed by atoms with van der Waals surface area (Å²) in [5.41, 5.74) is 2.98. The SMILES string of the molecule is O=C(NCCc1c[nH]c2ccc(F)cc12)c1cnn(-c2ccccc2Cl)c1. The Labute approximate surface area is 159 Å². The van der Waals surface area contributed by atoms with Crippen LogP contribution in [0.1, 0.15) is 15.9 Å². The van der Waals surface area contributed by atoms with E-state index in [0.29, 0.717) is 29.2 Å². The molecule has 4 aromatic rings. The third kappa shape index (κ3) is 3.57. The van der Waals surface area contributed by atoms with Gasteiger partial charge in [0.05, 0.1) is 22.5 Å². The van der Waals surface area contributed by atoms with Crippen molar-refractivity contribution in [2.45, 2.75) is 6.42 Å². The summed E-state index contributed by atoms with van der Waals surface area (Å²) in [6.07, 6.45) is 5.57. The van der Waals surface area contributed by atoms with Gasteiger partial charge in [0, 0.05) is 29.8 Å². The molecule has 27 heavy (non-hydrogen) atoms. The van der Waals surface area contributed by atoms with Crippen LogP contribution in [0.3, 0.4) is 0 Å². The zero-order chi connectivity index (χ0) is 18.8. The van der Waals surface area contributed by atoms with E-state index in [1.807, 2.05) is 24.4 Å². The number of halogens is 2. The zero-order valence-electron chi connectivity index (χ0n) is 14.2. The van der Waals surface area contributed by atoms with Crippen LogP contribution in [-0.4, -0.2) is 27.2 Å². The van der Waals surface area contributed by atoms with Crippen molar-refractivity contribution < 1.29 is 9.18 Å². The maximum Gasteiger partial charge on any atom is 0.254 e. The van der Waals surface area contributed by atoms with Crippen molar-refractivity contribution in [1.29, 1.82) is 0 Å². The van der Waals surface area contributed by atoms with Gasteiger partial charge in [-0.1, -0.05) is 23.7 Å². The molecule has 0 saturated heterocycles. The standard InChI is InChI=1S/C20H16ClFN4O/c21-17-3-1-2-4-19(17)26-12-14(11-25-26)20(27)23-8-7-13-10-24-18-6-5-15(22)9-16(13)18/h1-6,9-12,24H,7-8H2,(H,23,27). The van der Waals surface area contributed by atoms with Gasteiger partial charge in [0.1, 0.15) is 5.82 Å². The van der Waals surface area contributed by atoms with Gasteiger partial charge in [-0.15, -0.1) is 0 Å². The van der Waals surface area contributed by atoms with Gasteiger partial charge in [0.15, 0.2) is 0 Å². The molecule has 0 atom stereocenters. The number of benzene rings is 2. The van der Waals surface area contributed by atoms with Crippen LogP contribution in [0.5, 0.6) is 0 Å². The molecule has 0 spiro atoms. The maximum atomic E-state index is 13.4. The molecule has 2 aromatic heterocycles. The number of nitrogens with zero attached hydrogens (tertiary/aromatic N) is 2. The zero-order valence-corrected chi connectivity index (χ0v) is 15.0. The van der Waals surface area contributed by atoms with Gasteiger partial charge in [-0.05, 0) is 42.3 Å². The Morgan fingerprint density at radius 3 is 2.96 bits per heavy atom. The van der Waals surface area contributed by atoms with E-state index in [0.717, 1.165) is 16.5 Å². The summed E-state index contributed by atoms with van der Waals surface area (Å²) in [7, 11) is 0. The van der Waals surface area contributed by atoms with Crippen molar-refractivity contribution in [1.82, 2.24) is 20.1 Å². The minimum atomic E-state index is -0.278. The van der Waals surface area contributed by atoms with E-state index < -0.39 is 0 Å². The molecule has 2 heterocycles. The molecule has 0 radical (unpaired) electrons. The van der Waals surface area contributed by atoms with Crippen LogP contribution in [-0.2, 0) is 6.42 Å². The van der Waals surface area contributed by atoms with Crippen LogP contribution < -0.4 is 5.32 Å². The number of fused-ring (bicyclic) bond motifs is 1. The summed E-state index contributed by atoms with van der Waals surface area (Å²) in [5, 5.41) is 8.45. The summed E-state index contributed by atoms with van der Waals surface area (Å²) in [6, 6.07) is 11.9. The first-order chi connectivity index (χ1) is 13.1. The van der Waals surface area contributed by atoms with Crippen molar-refractivity contribution in [2.75, 3.05) is 6.54 Å². The lowest BCUT2D eigenvalue weighted by Gasteiger charge is -2.04. The lowest BCUT2D eigenvalue weighted by atomic mass is 10.1. The molecule has 7 heteroatoms. The number of aromatic amines is 1. The van der Waals surface area contributed by atoms with Crippen LogP contribution in [0.25, 0.3) is 16.6 Å². The third-order valence-corrected chi connectivity index (χ3v) is 4.67. The highest BCUT2D eigenvalue weighted by atomic mass is 35.5. The summed E-state index contributed by atoms with van der Waals surface area (Å²) in [4.78, 5) is 15.5. The van der Waals surface area contributed by atoms with Crippen LogP contribution in [0.4, 0.5) is 4.39 Å². The second kappa shape index (κ2) is 7.25. The quantitative estimate of drug-likeness (QED) is 0.545. The fraction of sp³-hybridized carbons (Fsp3) is 0.100. The lowest BCUT2D eigenvalue weighted by Crippen LogP contribution is -2.25. The third-order valence-electron chi connectivity index (χ3n) is 4.35. The molecule has 0 unspecified atom stereocenters. The number of carbonyl (C=O) groups excluding carboxylic acids is 1. The molecule has 2 N–H and O–H groups in total. The molecule has 0 aliphatic heterocycles. The molecular formula is C20H16ClFN4O. The highest BCUT2D eigenvalue weighted by Gasteiger charge is 2.11. The van der Waals surface area contributed by atoms with Gasteiger partial charge in [0.25, 0.3) is 5.91 Å². The average Bonchev–Trinajstić information content (AvgIpc) is 3.29. The molecule has 0 aliphatic carbocycles. The van der Waals surface area contributed by atoms with E-state index in [1.165, 1.54) is 18.3 Å². The maximum absolute atomic E-state index is 13.4. The number of aromatic nitrogens is 3. The van der Waals surface area contributed by atoms with Crippen molar-refractivity contribution >= 4 is 28.4 Å². The minimum absolute atomic E-state index is 0.223. The van der Waals surface area contributed by atoms with Gasteiger partial charge < -0.3 is 10.3 Å². The van der Waals surface area contributed by atoms with E-state index in [1.54, 1.807) is 23.0 Å². The number of para-hydroxylation sites is 1. The molecule has 136 valence electrons. The Morgan fingerprint density at radius 2 is 2.11 bits per heavy atom. The Kier molecular flexibility index (Phi) is 4.64. The lowest BCUT2D eigenvalue weighted by molar-refractivity contribution is 0.0954. The molecule has 0 saturated carbocycles. The highest BCUT2D eigenvalue weighted by molar-refractivity contribution is 6.32. The normalized spacial score (nSPS) is 11.0. The number of nitrogens with one attached hydrogen (secondary N) is 2. The smallest absolute Gasteiger partial charge is 0.254 e.